The number of oxazole rings is 1. The quantitative estimate of drug-likeness (QED) is 0.323. The molecule has 2 aromatic carbocycles. The SMILES string of the molecule is CCOC(=O)C1c2ccccc2CN1C(=O)c1nc(-c2ccc(OC)c3nc(C(F)(F)F)ccc23)oc1[C@H](C)N. The predicted octanol–water partition coefficient (Wildman–Crippen LogP) is 5.20. The lowest BCUT2D eigenvalue weighted by molar-refractivity contribution is -0.148. The van der Waals surface area contributed by atoms with Crippen LogP contribution in [-0.2, 0) is 22.3 Å². The average Bonchev–Trinajstić information content (AvgIpc) is 3.54. The van der Waals surface area contributed by atoms with Crippen molar-refractivity contribution in [3.05, 3.63) is 76.8 Å². The topological polar surface area (TPSA) is 121 Å². The van der Waals surface area contributed by atoms with Gasteiger partial charge in [0.05, 0.1) is 19.8 Å². The number of nitrogens with zero attached hydrogens (tertiary/aromatic N) is 3. The molecule has 0 radical (unpaired) electrons. The van der Waals surface area contributed by atoms with Crippen molar-refractivity contribution in [3.63, 3.8) is 0 Å². The fourth-order valence-electron chi connectivity index (χ4n) is 4.80. The molecule has 3 heterocycles. The third-order valence-corrected chi connectivity index (χ3v) is 6.60. The molecule has 1 aliphatic heterocycles. The first-order chi connectivity index (χ1) is 19.0. The number of rotatable bonds is 6. The minimum atomic E-state index is -4.66. The molecule has 1 unspecified atom stereocenters. The molecule has 1 amide bonds. The van der Waals surface area contributed by atoms with Gasteiger partial charge in [0.1, 0.15) is 17.0 Å². The van der Waals surface area contributed by atoms with Crippen molar-refractivity contribution in [2.24, 2.45) is 5.73 Å². The van der Waals surface area contributed by atoms with Crippen LogP contribution in [0.4, 0.5) is 13.2 Å². The molecule has 4 aromatic rings. The fourth-order valence-corrected chi connectivity index (χ4v) is 4.80. The molecule has 0 spiro atoms. The average molecular weight is 555 g/mol. The molecule has 2 N–H and O–H groups in total. The summed E-state index contributed by atoms with van der Waals surface area (Å²) in [6, 6.07) is 10.5. The summed E-state index contributed by atoms with van der Waals surface area (Å²) in [6.45, 7) is 3.54. The van der Waals surface area contributed by atoms with E-state index >= 15 is 0 Å². The van der Waals surface area contributed by atoms with Gasteiger partial charge < -0.3 is 24.5 Å². The number of benzene rings is 2. The third kappa shape index (κ3) is 4.64. The Bertz CT molecular complexity index is 1620. The number of carbonyl (C=O) groups excluding carboxylic acids is 2. The molecule has 0 fully saturated rings. The maximum absolute atomic E-state index is 13.9. The van der Waals surface area contributed by atoms with E-state index in [1.54, 1.807) is 32.0 Å². The molecule has 0 bridgehead atoms. The van der Waals surface area contributed by atoms with Gasteiger partial charge in [-0.05, 0) is 49.2 Å². The summed E-state index contributed by atoms with van der Waals surface area (Å²) >= 11 is 0. The van der Waals surface area contributed by atoms with Gasteiger partial charge in [-0.2, -0.15) is 13.2 Å². The van der Waals surface area contributed by atoms with Crippen molar-refractivity contribution in [2.75, 3.05) is 13.7 Å². The fraction of sp³-hybridized carbons (Fsp3) is 0.286. The predicted molar refractivity (Wildman–Crippen MR) is 137 cm³/mol. The first kappa shape index (κ1) is 27.1. The maximum atomic E-state index is 13.9. The number of amides is 1. The minimum absolute atomic E-state index is 0.0470. The van der Waals surface area contributed by atoms with E-state index in [1.165, 1.54) is 24.1 Å². The molecule has 0 saturated carbocycles. The van der Waals surface area contributed by atoms with Gasteiger partial charge in [-0.1, -0.05) is 24.3 Å². The van der Waals surface area contributed by atoms with E-state index in [1.807, 2.05) is 12.1 Å². The van der Waals surface area contributed by atoms with Gasteiger partial charge in [-0.15, -0.1) is 0 Å². The van der Waals surface area contributed by atoms with E-state index in [0.717, 1.165) is 11.6 Å². The van der Waals surface area contributed by atoms with Crippen LogP contribution in [0.1, 0.15) is 59.0 Å². The van der Waals surface area contributed by atoms with Crippen molar-refractivity contribution in [1.29, 1.82) is 0 Å². The van der Waals surface area contributed by atoms with Crippen LogP contribution in [0.2, 0.25) is 0 Å². The molecular formula is C28H25F3N4O5. The molecule has 5 rings (SSSR count). The van der Waals surface area contributed by atoms with Crippen molar-refractivity contribution in [3.8, 4) is 17.2 Å². The Morgan fingerprint density at radius 1 is 1.15 bits per heavy atom. The molecule has 2 aromatic heterocycles. The summed E-state index contributed by atoms with van der Waals surface area (Å²) in [5, 5.41) is 0.266. The van der Waals surface area contributed by atoms with Crippen molar-refractivity contribution in [1.82, 2.24) is 14.9 Å². The van der Waals surface area contributed by atoms with Gasteiger partial charge in [-0.3, -0.25) is 4.79 Å². The minimum Gasteiger partial charge on any atom is -0.494 e. The van der Waals surface area contributed by atoms with Crippen LogP contribution < -0.4 is 10.5 Å². The molecule has 208 valence electrons. The highest BCUT2D eigenvalue weighted by atomic mass is 19.4. The molecule has 40 heavy (non-hydrogen) atoms. The van der Waals surface area contributed by atoms with Crippen LogP contribution >= 0.6 is 0 Å². The number of ether oxygens (including phenoxy) is 2. The smallest absolute Gasteiger partial charge is 0.433 e. The van der Waals surface area contributed by atoms with E-state index < -0.39 is 35.8 Å². The molecule has 9 nitrogen and oxygen atoms in total. The molecular weight excluding hydrogens is 529 g/mol. The van der Waals surface area contributed by atoms with E-state index in [-0.39, 0.29) is 52.7 Å². The lowest BCUT2D eigenvalue weighted by Crippen LogP contribution is -2.35. The maximum Gasteiger partial charge on any atom is 0.433 e. The summed E-state index contributed by atoms with van der Waals surface area (Å²) in [5.41, 5.74) is 6.60. The number of hydrogen-bond acceptors (Lipinski definition) is 8. The standard InChI is InChI=1S/C28H25F3N4O5/c1-4-39-27(37)23-16-8-6-5-7-15(16)13-35(23)26(36)22-24(14(2)32)40-25(34-22)18-9-11-19(38-3)21-17(18)10-12-20(33-21)28(29,30)31/h5-12,14,23H,4,13,32H2,1-3H3/t14-,23?/m0/s1. The number of esters is 1. The Kier molecular flexibility index (Phi) is 6.96. The number of fused-ring (bicyclic) bond motifs is 2. The van der Waals surface area contributed by atoms with Gasteiger partial charge >= 0.3 is 12.1 Å². The van der Waals surface area contributed by atoms with Crippen LogP contribution in [-0.4, -0.2) is 40.5 Å². The van der Waals surface area contributed by atoms with E-state index in [4.69, 9.17) is 19.6 Å². The number of alkyl halides is 3. The van der Waals surface area contributed by atoms with Gasteiger partial charge in [0.15, 0.2) is 17.5 Å². The molecule has 12 heteroatoms. The molecule has 2 atom stereocenters. The lowest BCUT2D eigenvalue weighted by atomic mass is 10.1. The zero-order valence-electron chi connectivity index (χ0n) is 21.8. The lowest BCUT2D eigenvalue weighted by Gasteiger charge is -2.23. The highest BCUT2D eigenvalue weighted by Gasteiger charge is 2.42. The third-order valence-electron chi connectivity index (χ3n) is 6.60. The summed E-state index contributed by atoms with van der Waals surface area (Å²) < 4.78 is 56.6. The number of pyridine rings is 1. The summed E-state index contributed by atoms with van der Waals surface area (Å²) in [7, 11) is 1.32. The zero-order chi connectivity index (χ0) is 28.8. The van der Waals surface area contributed by atoms with Crippen LogP contribution in [0.15, 0.2) is 52.9 Å². The Hall–Kier alpha value is -4.45. The normalized spacial score (nSPS) is 15.7. The van der Waals surface area contributed by atoms with E-state index in [0.29, 0.717) is 5.56 Å². The van der Waals surface area contributed by atoms with Gasteiger partial charge in [0.25, 0.3) is 5.91 Å². The Morgan fingerprint density at radius 2 is 1.90 bits per heavy atom. The monoisotopic (exact) mass is 554 g/mol. The Labute approximate surface area is 226 Å². The largest absolute Gasteiger partial charge is 0.494 e. The van der Waals surface area contributed by atoms with Gasteiger partial charge in [-0.25, -0.2) is 14.8 Å². The second-order valence-corrected chi connectivity index (χ2v) is 9.21. The number of hydrogen-bond donors (Lipinski definition) is 1. The van der Waals surface area contributed by atoms with Crippen LogP contribution in [0.5, 0.6) is 5.75 Å². The van der Waals surface area contributed by atoms with E-state index in [9.17, 15) is 22.8 Å². The van der Waals surface area contributed by atoms with Crippen molar-refractivity contribution in [2.45, 2.75) is 38.7 Å². The van der Waals surface area contributed by atoms with Crippen LogP contribution in [0.3, 0.4) is 0 Å². The molecule has 0 aliphatic carbocycles. The van der Waals surface area contributed by atoms with Crippen LogP contribution in [0, 0.1) is 0 Å². The summed E-state index contributed by atoms with van der Waals surface area (Å²) in [4.78, 5) is 36.4. The number of methoxy groups -OCH3 is 1. The van der Waals surface area contributed by atoms with E-state index in [2.05, 4.69) is 9.97 Å². The van der Waals surface area contributed by atoms with Gasteiger partial charge in [0, 0.05) is 17.5 Å². The molecule has 1 aliphatic rings. The van der Waals surface area contributed by atoms with Crippen LogP contribution in [0.25, 0.3) is 22.4 Å². The highest BCUT2D eigenvalue weighted by Crippen LogP contribution is 2.39. The Balaban J connectivity index is 1.61. The second kappa shape index (κ2) is 10.3. The van der Waals surface area contributed by atoms with Gasteiger partial charge in [0.2, 0.25) is 5.89 Å². The highest BCUT2D eigenvalue weighted by molar-refractivity contribution is 6.00. The Morgan fingerprint density at radius 3 is 2.58 bits per heavy atom. The van der Waals surface area contributed by atoms with Crippen molar-refractivity contribution >= 4 is 22.8 Å². The number of halogens is 3. The zero-order valence-corrected chi connectivity index (χ0v) is 21.8. The number of carbonyl (C=O) groups is 2. The number of aromatic nitrogens is 2. The van der Waals surface area contributed by atoms with Crippen molar-refractivity contribution < 1.29 is 36.7 Å². The number of nitrogens with two attached hydrogens (primary N) is 1. The first-order valence-electron chi connectivity index (χ1n) is 12.4. The first-order valence-corrected chi connectivity index (χ1v) is 12.4. The summed E-state index contributed by atoms with van der Waals surface area (Å²) in [6.07, 6.45) is -4.66. The molecule has 0 saturated heterocycles. The summed E-state index contributed by atoms with van der Waals surface area (Å²) in [5.74, 6) is -1.06. The second-order valence-electron chi connectivity index (χ2n) is 9.21.